The number of primary amides is 1. The molecule has 8 heteroatoms. The summed E-state index contributed by atoms with van der Waals surface area (Å²) in [6, 6.07) is 9.07. The Kier molecular flexibility index (Phi) is 5.71. The molecule has 0 aliphatic rings. The number of hydrogen-bond acceptors (Lipinski definition) is 3. The summed E-state index contributed by atoms with van der Waals surface area (Å²) >= 11 is 17.6. The molecule has 120 valence electrons. The van der Waals surface area contributed by atoms with Gasteiger partial charge in [-0.1, -0.05) is 34.8 Å². The molecule has 0 aliphatic carbocycles. The summed E-state index contributed by atoms with van der Waals surface area (Å²) < 4.78 is 5.31. The molecule has 2 aromatic carbocycles. The van der Waals surface area contributed by atoms with Gasteiger partial charge in [0.1, 0.15) is 5.75 Å². The Morgan fingerprint density at radius 2 is 1.74 bits per heavy atom. The van der Waals surface area contributed by atoms with Gasteiger partial charge in [-0.15, -0.1) is 0 Å². The Balaban J connectivity index is 2.01. The lowest BCUT2D eigenvalue weighted by Gasteiger charge is -2.10. The fraction of sp³-hybridized carbons (Fsp3) is 0.0667. The van der Waals surface area contributed by atoms with E-state index in [0.29, 0.717) is 21.5 Å². The molecule has 3 N–H and O–H groups in total. The Morgan fingerprint density at radius 1 is 1.04 bits per heavy atom. The third-order valence-electron chi connectivity index (χ3n) is 2.77. The topological polar surface area (TPSA) is 81.4 Å². The Hall–Kier alpha value is -1.95. The number of anilines is 1. The molecular weight excluding hydrogens is 363 g/mol. The molecule has 0 bridgehead atoms. The van der Waals surface area contributed by atoms with E-state index < -0.39 is 11.8 Å². The van der Waals surface area contributed by atoms with Crippen molar-refractivity contribution >= 4 is 52.3 Å². The maximum atomic E-state index is 11.9. The third kappa shape index (κ3) is 4.76. The minimum absolute atomic E-state index is 0.114. The van der Waals surface area contributed by atoms with Crippen molar-refractivity contribution in [3.8, 4) is 5.75 Å². The molecule has 0 saturated carbocycles. The zero-order valence-electron chi connectivity index (χ0n) is 11.6. The van der Waals surface area contributed by atoms with Crippen LogP contribution in [0.25, 0.3) is 0 Å². The summed E-state index contributed by atoms with van der Waals surface area (Å²) in [5.74, 6) is -0.838. The number of halogens is 3. The molecule has 0 spiro atoms. The Labute approximate surface area is 147 Å². The maximum Gasteiger partial charge on any atom is 0.262 e. The number of hydrogen-bond donors (Lipinski definition) is 2. The number of carbonyl (C=O) groups is 2. The molecule has 0 heterocycles. The van der Waals surface area contributed by atoms with Crippen LogP contribution in [-0.4, -0.2) is 18.4 Å². The van der Waals surface area contributed by atoms with Gasteiger partial charge in [-0.2, -0.15) is 0 Å². The van der Waals surface area contributed by atoms with Gasteiger partial charge >= 0.3 is 0 Å². The Morgan fingerprint density at radius 3 is 2.43 bits per heavy atom. The minimum atomic E-state index is -0.687. The van der Waals surface area contributed by atoms with Gasteiger partial charge < -0.3 is 15.8 Å². The van der Waals surface area contributed by atoms with Gasteiger partial charge in [-0.3, -0.25) is 9.59 Å². The first kappa shape index (κ1) is 17.4. The second-order valence-corrected chi connectivity index (χ2v) is 5.72. The third-order valence-corrected chi connectivity index (χ3v) is 3.64. The van der Waals surface area contributed by atoms with Crippen LogP contribution in [0.1, 0.15) is 10.4 Å². The number of benzene rings is 2. The highest BCUT2D eigenvalue weighted by molar-refractivity contribution is 6.34. The van der Waals surface area contributed by atoms with Crippen LogP contribution in [0.4, 0.5) is 5.69 Å². The number of nitrogens with one attached hydrogen (secondary N) is 1. The van der Waals surface area contributed by atoms with Crippen LogP contribution in [0.5, 0.6) is 5.75 Å². The first-order chi connectivity index (χ1) is 10.9. The van der Waals surface area contributed by atoms with Gasteiger partial charge in [0.2, 0.25) is 5.91 Å². The number of ether oxygens (including phenoxy) is 1. The highest BCUT2D eigenvalue weighted by Crippen LogP contribution is 2.27. The van der Waals surface area contributed by atoms with Gasteiger partial charge in [-0.25, -0.2) is 0 Å². The van der Waals surface area contributed by atoms with E-state index in [1.54, 1.807) is 18.2 Å². The molecule has 23 heavy (non-hydrogen) atoms. The van der Waals surface area contributed by atoms with Crippen molar-refractivity contribution in [2.45, 2.75) is 0 Å². The lowest BCUT2D eigenvalue weighted by atomic mass is 10.2. The smallest absolute Gasteiger partial charge is 0.262 e. The number of amides is 2. The van der Waals surface area contributed by atoms with Crippen LogP contribution in [0, 0.1) is 0 Å². The van der Waals surface area contributed by atoms with Crippen molar-refractivity contribution in [2.75, 3.05) is 11.9 Å². The maximum absolute atomic E-state index is 11.9. The lowest BCUT2D eigenvalue weighted by Crippen LogP contribution is -2.21. The predicted molar refractivity (Wildman–Crippen MR) is 90.6 cm³/mol. The Bertz CT molecular complexity index is 766. The molecule has 2 aromatic rings. The van der Waals surface area contributed by atoms with E-state index in [1.165, 1.54) is 18.2 Å². The van der Waals surface area contributed by atoms with E-state index in [9.17, 15) is 9.59 Å². The molecule has 0 saturated heterocycles. The molecule has 0 aromatic heterocycles. The quantitative estimate of drug-likeness (QED) is 0.837. The highest BCUT2D eigenvalue weighted by atomic mass is 35.5. The summed E-state index contributed by atoms with van der Waals surface area (Å²) in [6.45, 7) is -0.283. The zero-order valence-corrected chi connectivity index (χ0v) is 13.9. The standard InChI is InChI=1S/C15H11Cl3N2O3/c16-8-1-3-12(18)13(5-8)23-7-14(21)20-9-2-4-11(17)10(6-9)15(19)22/h1-6H,7H2,(H2,19,22)(H,20,21). The van der Waals surface area contributed by atoms with E-state index in [4.69, 9.17) is 45.3 Å². The van der Waals surface area contributed by atoms with Crippen molar-refractivity contribution in [2.24, 2.45) is 5.73 Å². The van der Waals surface area contributed by atoms with Crippen LogP contribution in [0.3, 0.4) is 0 Å². The summed E-state index contributed by atoms with van der Waals surface area (Å²) in [7, 11) is 0. The van der Waals surface area contributed by atoms with E-state index >= 15 is 0 Å². The molecule has 5 nitrogen and oxygen atoms in total. The lowest BCUT2D eigenvalue weighted by molar-refractivity contribution is -0.118. The van der Waals surface area contributed by atoms with Crippen LogP contribution in [-0.2, 0) is 4.79 Å². The zero-order chi connectivity index (χ0) is 17.0. The van der Waals surface area contributed by atoms with Crippen molar-refractivity contribution in [3.63, 3.8) is 0 Å². The first-order valence-corrected chi connectivity index (χ1v) is 7.47. The normalized spacial score (nSPS) is 10.2. The average molecular weight is 374 g/mol. The molecule has 0 radical (unpaired) electrons. The van der Waals surface area contributed by atoms with Gasteiger partial charge in [0.25, 0.3) is 5.91 Å². The van der Waals surface area contributed by atoms with E-state index in [0.717, 1.165) is 0 Å². The summed E-state index contributed by atoms with van der Waals surface area (Å²) in [5, 5.41) is 3.54. The molecule has 0 atom stereocenters. The van der Waals surface area contributed by atoms with Gasteiger partial charge in [-0.05, 0) is 30.3 Å². The minimum Gasteiger partial charge on any atom is -0.482 e. The van der Waals surface area contributed by atoms with Crippen molar-refractivity contribution in [1.29, 1.82) is 0 Å². The molecule has 2 amide bonds. The van der Waals surface area contributed by atoms with Crippen LogP contribution in [0.2, 0.25) is 15.1 Å². The van der Waals surface area contributed by atoms with E-state index in [1.807, 2.05) is 0 Å². The van der Waals surface area contributed by atoms with Crippen molar-refractivity contribution in [1.82, 2.24) is 0 Å². The predicted octanol–water partition coefficient (Wildman–Crippen LogP) is 3.76. The average Bonchev–Trinajstić information content (AvgIpc) is 2.50. The number of nitrogens with two attached hydrogens (primary N) is 1. The number of carbonyl (C=O) groups excluding carboxylic acids is 2. The number of rotatable bonds is 5. The largest absolute Gasteiger partial charge is 0.482 e. The van der Waals surface area contributed by atoms with Gasteiger partial charge in [0.15, 0.2) is 6.61 Å². The summed E-state index contributed by atoms with van der Waals surface area (Å²) in [5.41, 5.74) is 5.68. The van der Waals surface area contributed by atoms with E-state index in [-0.39, 0.29) is 17.2 Å². The SMILES string of the molecule is NC(=O)c1cc(NC(=O)COc2cc(Cl)ccc2Cl)ccc1Cl. The second kappa shape index (κ2) is 7.55. The van der Waals surface area contributed by atoms with Crippen LogP contribution < -0.4 is 15.8 Å². The van der Waals surface area contributed by atoms with Crippen LogP contribution >= 0.6 is 34.8 Å². The summed E-state index contributed by atoms with van der Waals surface area (Å²) in [4.78, 5) is 23.1. The molecule has 0 aliphatic heterocycles. The fourth-order valence-electron chi connectivity index (χ4n) is 1.72. The van der Waals surface area contributed by atoms with Gasteiger partial charge in [0.05, 0.1) is 15.6 Å². The van der Waals surface area contributed by atoms with Gasteiger partial charge in [0, 0.05) is 16.8 Å². The first-order valence-electron chi connectivity index (χ1n) is 6.34. The molecule has 0 fully saturated rings. The summed E-state index contributed by atoms with van der Waals surface area (Å²) in [6.07, 6.45) is 0. The fourth-order valence-corrected chi connectivity index (χ4v) is 2.26. The second-order valence-electron chi connectivity index (χ2n) is 4.47. The molecular formula is C15H11Cl3N2O3. The molecule has 0 unspecified atom stereocenters. The monoisotopic (exact) mass is 372 g/mol. The van der Waals surface area contributed by atoms with E-state index in [2.05, 4.69) is 5.32 Å². The van der Waals surface area contributed by atoms with Crippen LogP contribution in [0.15, 0.2) is 36.4 Å². The molecule has 2 rings (SSSR count). The van der Waals surface area contributed by atoms with Crippen molar-refractivity contribution in [3.05, 3.63) is 57.0 Å². The highest BCUT2D eigenvalue weighted by Gasteiger charge is 2.11. The van der Waals surface area contributed by atoms with Crippen molar-refractivity contribution < 1.29 is 14.3 Å².